The van der Waals surface area contributed by atoms with Crippen LogP contribution in [0, 0.1) is 6.57 Å². The van der Waals surface area contributed by atoms with E-state index in [1.54, 1.807) is 0 Å². The normalized spacial score (nSPS) is 14.3. The molecule has 218 valence electrons. The van der Waals surface area contributed by atoms with E-state index in [0.717, 1.165) is 72.4 Å². The molecule has 3 aromatic carbocycles. The van der Waals surface area contributed by atoms with Gasteiger partial charge >= 0.3 is 5.69 Å². The Hall–Kier alpha value is -4.71. The van der Waals surface area contributed by atoms with E-state index in [1.165, 1.54) is 5.56 Å². The molecule has 0 saturated carbocycles. The summed E-state index contributed by atoms with van der Waals surface area (Å²) >= 11 is 0. The average molecular weight is 573 g/mol. The van der Waals surface area contributed by atoms with Crippen molar-refractivity contribution in [3.05, 3.63) is 112 Å². The molecule has 1 N–H and O–H groups in total. The maximum absolute atomic E-state index is 12.7. The molecule has 1 fully saturated rings. The predicted octanol–water partition coefficient (Wildman–Crippen LogP) is 6.39. The highest BCUT2D eigenvalue weighted by atomic mass is 16.5. The molecule has 0 aliphatic carbocycles. The fourth-order valence-corrected chi connectivity index (χ4v) is 5.85. The van der Waals surface area contributed by atoms with Crippen LogP contribution in [0.25, 0.3) is 38.3 Å². The zero-order chi connectivity index (χ0) is 29.8. The van der Waals surface area contributed by atoms with E-state index in [-0.39, 0.29) is 11.7 Å². The lowest BCUT2D eigenvalue weighted by molar-refractivity contribution is 0.180. The van der Waals surface area contributed by atoms with Crippen LogP contribution in [0.4, 0.5) is 5.69 Å². The number of aromatic nitrogens is 3. The molecule has 1 aliphatic rings. The number of para-hydroxylation sites is 2. The zero-order valence-corrected chi connectivity index (χ0v) is 24.7. The number of hydrogen-bond acceptors (Lipinski definition) is 5. The molecule has 0 amide bonds. The third kappa shape index (κ3) is 6.24. The summed E-state index contributed by atoms with van der Waals surface area (Å²) in [5.41, 5.74) is 7.21. The van der Waals surface area contributed by atoms with Crippen molar-refractivity contribution in [2.45, 2.75) is 25.4 Å². The Balaban J connectivity index is 1.19. The second kappa shape index (κ2) is 12.7. The highest BCUT2D eigenvalue weighted by Gasteiger charge is 2.24. The van der Waals surface area contributed by atoms with Crippen LogP contribution in [0.1, 0.15) is 24.4 Å². The molecule has 0 unspecified atom stereocenters. The molecule has 5 aromatic rings. The van der Waals surface area contributed by atoms with Crippen molar-refractivity contribution in [2.24, 2.45) is 0 Å². The van der Waals surface area contributed by atoms with Crippen LogP contribution in [0.5, 0.6) is 5.88 Å². The molecule has 0 bridgehead atoms. The molecule has 1 aliphatic heterocycles. The van der Waals surface area contributed by atoms with Gasteiger partial charge in [0.2, 0.25) is 11.6 Å². The summed E-state index contributed by atoms with van der Waals surface area (Å²) in [6.45, 7) is 11.7. The number of rotatable bonds is 9. The lowest BCUT2D eigenvalue weighted by atomic mass is 9.98. The standard InChI is InChI=1S/C35H36N6O2/c1-36-31-23-29(26-9-5-4-6-10-26)33(38-34(31)43-22-21-39(2)3)27-15-13-25(14-16-27)24-40-19-17-28(18-20-40)41-32-12-8-7-11-30(32)37-35(41)42/h4-16,23,28H,17-22,24H2,2-3H3,(H,37,42). The smallest absolute Gasteiger partial charge is 0.326 e. The van der Waals surface area contributed by atoms with Crippen LogP contribution in [-0.4, -0.2) is 64.7 Å². The monoisotopic (exact) mass is 572 g/mol. The largest absolute Gasteiger partial charge is 0.485 e. The Morgan fingerprint density at radius 1 is 0.977 bits per heavy atom. The summed E-state index contributed by atoms with van der Waals surface area (Å²) in [4.78, 5) is 28.8. The highest BCUT2D eigenvalue weighted by Crippen LogP contribution is 2.38. The summed E-state index contributed by atoms with van der Waals surface area (Å²) in [5.74, 6) is 0.368. The zero-order valence-electron chi connectivity index (χ0n) is 24.7. The Bertz CT molecular complexity index is 1790. The van der Waals surface area contributed by atoms with Gasteiger partial charge in [0.25, 0.3) is 0 Å². The second-order valence-electron chi connectivity index (χ2n) is 11.4. The Morgan fingerprint density at radius 2 is 1.70 bits per heavy atom. The number of pyridine rings is 1. The molecule has 43 heavy (non-hydrogen) atoms. The van der Waals surface area contributed by atoms with Crippen molar-refractivity contribution in [2.75, 3.05) is 40.3 Å². The number of likely N-dealkylation sites (tertiary alicyclic amines) is 1. The van der Waals surface area contributed by atoms with Crippen LogP contribution in [-0.2, 0) is 6.54 Å². The van der Waals surface area contributed by atoms with Gasteiger partial charge < -0.3 is 14.6 Å². The topological polar surface area (TPSA) is 70.8 Å². The average Bonchev–Trinajstić information content (AvgIpc) is 3.37. The van der Waals surface area contributed by atoms with E-state index < -0.39 is 0 Å². The Morgan fingerprint density at radius 3 is 2.42 bits per heavy atom. The first-order valence-corrected chi connectivity index (χ1v) is 14.8. The third-order valence-corrected chi connectivity index (χ3v) is 8.13. The van der Waals surface area contributed by atoms with Gasteiger partial charge in [-0.05, 0) is 61.8 Å². The van der Waals surface area contributed by atoms with Crippen molar-refractivity contribution in [1.29, 1.82) is 0 Å². The molecule has 0 radical (unpaired) electrons. The van der Waals surface area contributed by atoms with Gasteiger partial charge in [0.1, 0.15) is 6.61 Å². The first-order chi connectivity index (χ1) is 21.0. The number of imidazole rings is 1. The number of likely N-dealkylation sites (N-methyl/N-ethyl adjacent to an activating group) is 1. The molecule has 8 heteroatoms. The molecular formula is C35H36N6O2. The van der Waals surface area contributed by atoms with Gasteiger partial charge in [-0.15, -0.1) is 0 Å². The van der Waals surface area contributed by atoms with Gasteiger partial charge in [0.15, 0.2) is 0 Å². The van der Waals surface area contributed by atoms with Crippen LogP contribution in [0.3, 0.4) is 0 Å². The molecule has 3 heterocycles. The predicted molar refractivity (Wildman–Crippen MR) is 172 cm³/mol. The first-order valence-electron chi connectivity index (χ1n) is 14.8. The van der Waals surface area contributed by atoms with Crippen LogP contribution in [0.15, 0.2) is 89.7 Å². The van der Waals surface area contributed by atoms with E-state index in [0.29, 0.717) is 18.2 Å². The van der Waals surface area contributed by atoms with Gasteiger partial charge in [0.05, 0.1) is 23.3 Å². The second-order valence-corrected chi connectivity index (χ2v) is 11.4. The van der Waals surface area contributed by atoms with Gasteiger partial charge in [-0.3, -0.25) is 9.47 Å². The lowest BCUT2D eigenvalue weighted by Crippen LogP contribution is -2.36. The van der Waals surface area contributed by atoms with Crippen molar-refractivity contribution in [1.82, 2.24) is 24.3 Å². The van der Waals surface area contributed by atoms with Crippen LogP contribution in [0.2, 0.25) is 0 Å². The molecule has 6 rings (SSSR count). The molecule has 8 nitrogen and oxygen atoms in total. The summed E-state index contributed by atoms with van der Waals surface area (Å²) in [6, 6.07) is 28.7. The number of nitrogens with one attached hydrogen (secondary N) is 1. The maximum Gasteiger partial charge on any atom is 0.326 e. The first kappa shape index (κ1) is 28.4. The van der Waals surface area contributed by atoms with E-state index in [1.807, 2.05) is 84.2 Å². The maximum atomic E-state index is 12.7. The summed E-state index contributed by atoms with van der Waals surface area (Å²) in [6.07, 6.45) is 1.88. The molecule has 0 spiro atoms. The van der Waals surface area contributed by atoms with Crippen molar-refractivity contribution in [3.63, 3.8) is 0 Å². The number of aromatic amines is 1. The minimum atomic E-state index is -0.0191. The Kier molecular flexibility index (Phi) is 8.36. The SMILES string of the molecule is [C-]#[N+]c1cc(-c2ccccc2)c(-c2ccc(CN3CCC(n4c(=O)[nH]c5ccccc54)CC3)cc2)nc1OCCN(C)C. The minimum Gasteiger partial charge on any atom is -0.485 e. The van der Waals surface area contributed by atoms with Crippen molar-refractivity contribution < 1.29 is 4.74 Å². The van der Waals surface area contributed by atoms with E-state index in [9.17, 15) is 4.79 Å². The third-order valence-electron chi connectivity index (χ3n) is 8.13. The fraction of sp³-hybridized carbons (Fsp3) is 0.286. The van der Waals surface area contributed by atoms with Gasteiger partial charge in [-0.25, -0.2) is 14.6 Å². The van der Waals surface area contributed by atoms with E-state index in [4.69, 9.17) is 16.3 Å². The molecule has 1 saturated heterocycles. The van der Waals surface area contributed by atoms with Crippen molar-refractivity contribution in [3.8, 4) is 28.3 Å². The van der Waals surface area contributed by atoms with Crippen LogP contribution >= 0.6 is 0 Å². The van der Waals surface area contributed by atoms with Crippen LogP contribution < -0.4 is 10.4 Å². The minimum absolute atomic E-state index is 0.0191. The number of benzene rings is 3. The number of piperidine rings is 1. The number of ether oxygens (including phenoxy) is 1. The number of hydrogen-bond donors (Lipinski definition) is 1. The van der Waals surface area contributed by atoms with Gasteiger partial charge in [-0.2, -0.15) is 0 Å². The summed E-state index contributed by atoms with van der Waals surface area (Å²) in [7, 11) is 3.98. The van der Waals surface area contributed by atoms with E-state index in [2.05, 4.69) is 39.0 Å². The molecular weight excluding hydrogens is 536 g/mol. The summed E-state index contributed by atoms with van der Waals surface area (Å²) < 4.78 is 7.93. The number of fused-ring (bicyclic) bond motifs is 1. The highest BCUT2D eigenvalue weighted by molar-refractivity contribution is 5.84. The Labute approximate surface area is 252 Å². The summed E-state index contributed by atoms with van der Waals surface area (Å²) in [5, 5.41) is 0. The lowest BCUT2D eigenvalue weighted by Gasteiger charge is -2.32. The molecule has 2 aromatic heterocycles. The fourth-order valence-electron chi connectivity index (χ4n) is 5.85. The number of nitrogens with zero attached hydrogens (tertiary/aromatic N) is 5. The number of H-pyrrole nitrogens is 1. The molecule has 0 atom stereocenters. The van der Waals surface area contributed by atoms with Crippen molar-refractivity contribution >= 4 is 16.7 Å². The van der Waals surface area contributed by atoms with Gasteiger partial charge in [0, 0.05) is 37.8 Å². The quantitative estimate of drug-likeness (QED) is 0.207. The van der Waals surface area contributed by atoms with E-state index >= 15 is 0 Å². The van der Waals surface area contributed by atoms with Gasteiger partial charge in [-0.1, -0.05) is 66.7 Å².